The number of hydrogen-bond acceptors (Lipinski definition) is 5. The number of anilines is 1. The Morgan fingerprint density at radius 3 is 2.19 bits per heavy atom. The van der Waals surface area contributed by atoms with Crippen LogP contribution in [-0.4, -0.2) is 45.8 Å². The molecule has 0 unspecified atom stereocenters. The number of guanidine groups is 1. The Morgan fingerprint density at radius 1 is 1.03 bits per heavy atom. The molecule has 1 aliphatic rings. The number of benzene rings is 1. The minimum atomic E-state index is -3.20. The minimum Gasteiger partial charge on any atom is -0.357 e. The molecule has 0 spiro atoms. The van der Waals surface area contributed by atoms with Crippen LogP contribution in [0.1, 0.15) is 42.4 Å². The molecular formula is C23H34IN5O2S. The van der Waals surface area contributed by atoms with Crippen molar-refractivity contribution >= 4 is 45.6 Å². The summed E-state index contributed by atoms with van der Waals surface area (Å²) >= 11 is 0. The highest BCUT2D eigenvalue weighted by molar-refractivity contribution is 14.0. The first kappa shape index (κ1) is 26.4. The molecule has 0 amide bonds. The first-order valence-electron chi connectivity index (χ1n) is 10.8. The predicted molar refractivity (Wildman–Crippen MR) is 142 cm³/mol. The third-order valence-electron chi connectivity index (χ3n) is 5.52. The average molecular weight is 572 g/mol. The molecule has 0 aliphatic carbocycles. The van der Waals surface area contributed by atoms with Gasteiger partial charge in [0.25, 0.3) is 0 Å². The van der Waals surface area contributed by atoms with Crippen LogP contribution in [0, 0.1) is 6.92 Å². The zero-order valence-corrected chi connectivity index (χ0v) is 22.2. The second kappa shape index (κ2) is 12.4. The van der Waals surface area contributed by atoms with E-state index in [4.69, 9.17) is 0 Å². The summed E-state index contributed by atoms with van der Waals surface area (Å²) in [5.74, 6) is 1.74. The van der Waals surface area contributed by atoms with E-state index in [0.717, 1.165) is 35.6 Å². The molecule has 1 fully saturated rings. The Morgan fingerprint density at radius 2 is 1.66 bits per heavy atom. The normalized spacial score (nSPS) is 15.0. The van der Waals surface area contributed by atoms with Gasteiger partial charge < -0.3 is 15.5 Å². The van der Waals surface area contributed by atoms with Crippen molar-refractivity contribution in [2.24, 2.45) is 4.99 Å². The van der Waals surface area contributed by atoms with Crippen LogP contribution in [0.2, 0.25) is 0 Å². The number of hydrogen-bond donors (Lipinski definition) is 2. The summed E-state index contributed by atoms with van der Waals surface area (Å²) in [5.41, 5.74) is 2.84. The number of nitrogens with one attached hydrogen (secondary N) is 2. The smallest absolute Gasteiger partial charge is 0.191 e. The third-order valence-corrected chi connectivity index (χ3v) is 6.78. The van der Waals surface area contributed by atoms with E-state index in [2.05, 4.69) is 37.6 Å². The van der Waals surface area contributed by atoms with Crippen molar-refractivity contribution in [2.75, 3.05) is 31.3 Å². The van der Waals surface area contributed by atoms with Gasteiger partial charge in [-0.15, -0.1) is 24.0 Å². The zero-order valence-electron chi connectivity index (χ0n) is 19.1. The largest absolute Gasteiger partial charge is 0.357 e. The number of aryl methyl sites for hydroxylation is 1. The highest BCUT2D eigenvalue weighted by atomic mass is 127. The van der Waals surface area contributed by atoms with Crippen LogP contribution in [0.4, 0.5) is 5.82 Å². The fourth-order valence-corrected chi connectivity index (χ4v) is 4.80. The van der Waals surface area contributed by atoms with E-state index in [1.54, 1.807) is 13.1 Å². The van der Waals surface area contributed by atoms with Gasteiger partial charge in [0.1, 0.15) is 5.82 Å². The zero-order chi connectivity index (χ0) is 22.3. The van der Waals surface area contributed by atoms with Gasteiger partial charge in [0.05, 0.1) is 4.90 Å². The van der Waals surface area contributed by atoms with Crippen molar-refractivity contribution in [2.45, 2.75) is 50.6 Å². The van der Waals surface area contributed by atoms with Crippen molar-refractivity contribution in [3.63, 3.8) is 0 Å². The number of halogens is 1. The molecule has 1 aliphatic heterocycles. The summed E-state index contributed by atoms with van der Waals surface area (Å²) in [5, 5.41) is 6.58. The monoisotopic (exact) mass is 571 g/mol. The lowest BCUT2D eigenvalue weighted by Gasteiger charge is -2.21. The van der Waals surface area contributed by atoms with Crippen LogP contribution in [0.5, 0.6) is 0 Å². The Labute approximate surface area is 209 Å². The van der Waals surface area contributed by atoms with Crippen molar-refractivity contribution in [1.29, 1.82) is 0 Å². The van der Waals surface area contributed by atoms with Gasteiger partial charge in [-0.1, -0.05) is 31.0 Å². The standard InChI is InChI=1S/C23H33N5O2S.HI/c1-18-14-19(8-10-21(18)31(3,29)30)15-26-23(24-2)27-17-20-9-11-22(25-16-20)28-12-6-4-5-7-13-28;/h8-11,14,16H,4-7,12-13,15,17H2,1-3H3,(H2,24,26,27);1H. The van der Waals surface area contributed by atoms with E-state index in [0.29, 0.717) is 23.9 Å². The second-order valence-corrected chi connectivity index (χ2v) is 10.1. The number of nitrogens with zero attached hydrogens (tertiary/aromatic N) is 3. The lowest BCUT2D eigenvalue weighted by Crippen LogP contribution is -2.36. The third kappa shape index (κ3) is 7.61. The van der Waals surface area contributed by atoms with E-state index in [1.165, 1.54) is 31.9 Å². The maximum Gasteiger partial charge on any atom is 0.191 e. The van der Waals surface area contributed by atoms with E-state index in [1.807, 2.05) is 25.3 Å². The summed E-state index contributed by atoms with van der Waals surface area (Å²) in [6.45, 7) is 5.17. The summed E-state index contributed by atoms with van der Waals surface area (Å²) in [7, 11) is -1.47. The number of aliphatic imine (C=N–C) groups is 1. The Hall–Kier alpha value is -1.88. The van der Waals surface area contributed by atoms with Crippen molar-refractivity contribution < 1.29 is 8.42 Å². The molecule has 2 N–H and O–H groups in total. The summed E-state index contributed by atoms with van der Waals surface area (Å²) in [4.78, 5) is 11.7. The highest BCUT2D eigenvalue weighted by Gasteiger charge is 2.12. The molecule has 0 radical (unpaired) electrons. The molecule has 0 atom stereocenters. The van der Waals surface area contributed by atoms with Gasteiger partial charge >= 0.3 is 0 Å². The van der Waals surface area contributed by atoms with Gasteiger partial charge in [-0.05, 0) is 48.6 Å². The Bertz CT molecular complexity index is 1000. The van der Waals surface area contributed by atoms with Gasteiger partial charge in [0.2, 0.25) is 0 Å². The van der Waals surface area contributed by atoms with Crippen molar-refractivity contribution in [1.82, 2.24) is 15.6 Å². The Kier molecular flexibility index (Phi) is 10.2. The maximum absolute atomic E-state index is 11.8. The fourth-order valence-electron chi connectivity index (χ4n) is 3.84. The van der Waals surface area contributed by atoms with Crippen LogP contribution in [0.25, 0.3) is 0 Å². The minimum absolute atomic E-state index is 0. The number of pyridine rings is 1. The quantitative estimate of drug-likeness (QED) is 0.313. The predicted octanol–water partition coefficient (Wildman–Crippen LogP) is 3.66. The lowest BCUT2D eigenvalue weighted by atomic mass is 10.1. The van der Waals surface area contributed by atoms with E-state index in [-0.39, 0.29) is 24.0 Å². The van der Waals surface area contributed by atoms with Crippen LogP contribution < -0.4 is 15.5 Å². The molecule has 1 saturated heterocycles. The SMILES string of the molecule is CN=C(NCc1ccc(N2CCCCCC2)nc1)NCc1ccc(S(C)(=O)=O)c(C)c1.I. The maximum atomic E-state index is 11.8. The molecular weight excluding hydrogens is 537 g/mol. The Balaban J connectivity index is 0.00000363. The van der Waals surface area contributed by atoms with E-state index >= 15 is 0 Å². The average Bonchev–Trinajstić information content (AvgIpc) is 3.03. The molecule has 2 aromatic rings. The van der Waals surface area contributed by atoms with Gasteiger partial charge in [-0.3, -0.25) is 4.99 Å². The summed E-state index contributed by atoms with van der Waals surface area (Å²) in [6, 6.07) is 9.60. The van der Waals surface area contributed by atoms with Crippen LogP contribution in [0.15, 0.2) is 46.4 Å². The van der Waals surface area contributed by atoms with Crippen molar-refractivity contribution in [3.8, 4) is 0 Å². The first-order chi connectivity index (χ1) is 14.9. The molecule has 0 saturated carbocycles. The molecule has 1 aromatic heterocycles. The first-order valence-corrected chi connectivity index (χ1v) is 12.7. The summed E-state index contributed by atoms with van der Waals surface area (Å²) < 4.78 is 23.5. The highest BCUT2D eigenvalue weighted by Crippen LogP contribution is 2.18. The fraction of sp³-hybridized carbons (Fsp3) is 0.478. The van der Waals surface area contributed by atoms with Gasteiger partial charge in [0.15, 0.2) is 15.8 Å². The van der Waals surface area contributed by atoms with Crippen LogP contribution in [-0.2, 0) is 22.9 Å². The molecule has 0 bridgehead atoms. The number of aromatic nitrogens is 1. The van der Waals surface area contributed by atoms with E-state index < -0.39 is 9.84 Å². The number of sulfone groups is 1. The van der Waals surface area contributed by atoms with Gasteiger partial charge in [-0.2, -0.15) is 0 Å². The second-order valence-electron chi connectivity index (χ2n) is 8.08. The molecule has 7 nitrogen and oxygen atoms in total. The molecule has 2 heterocycles. The molecule has 3 rings (SSSR count). The molecule has 32 heavy (non-hydrogen) atoms. The van der Waals surface area contributed by atoms with Crippen LogP contribution in [0.3, 0.4) is 0 Å². The number of rotatable bonds is 6. The molecule has 9 heteroatoms. The topological polar surface area (TPSA) is 86.7 Å². The molecule has 176 valence electrons. The van der Waals surface area contributed by atoms with Gasteiger partial charge in [-0.25, -0.2) is 13.4 Å². The molecule has 1 aromatic carbocycles. The van der Waals surface area contributed by atoms with E-state index in [9.17, 15) is 8.42 Å². The van der Waals surface area contributed by atoms with Gasteiger partial charge in [0, 0.05) is 45.7 Å². The van der Waals surface area contributed by atoms with Crippen LogP contribution >= 0.6 is 24.0 Å². The van der Waals surface area contributed by atoms with Crippen molar-refractivity contribution in [3.05, 3.63) is 53.2 Å². The summed E-state index contributed by atoms with van der Waals surface area (Å²) in [6.07, 6.45) is 8.26. The lowest BCUT2D eigenvalue weighted by molar-refractivity contribution is 0.601.